The Balaban J connectivity index is 1.57. The predicted octanol–water partition coefficient (Wildman–Crippen LogP) is 4.46. The van der Waals surface area contributed by atoms with E-state index in [-0.39, 0.29) is 12.3 Å². The molecule has 3 aromatic heterocycles. The first kappa shape index (κ1) is 23.2. The van der Waals surface area contributed by atoms with Crippen LogP contribution in [0.15, 0.2) is 18.3 Å². The fourth-order valence-corrected chi connectivity index (χ4v) is 6.58. The maximum absolute atomic E-state index is 10.4. The van der Waals surface area contributed by atoms with Crippen molar-refractivity contribution >= 4 is 33.9 Å². The molecule has 3 fully saturated rings. The van der Waals surface area contributed by atoms with E-state index in [2.05, 4.69) is 51.6 Å². The van der Waals surface area contributed by atoms with Gasteiger partial charge < -0.3 is 14.4 Å². The van der Waals surface area contributed by atoms with E-state index in [1.165, 1.54) is 0 Å². The number of hydrogen-bond donors (Lipinski definition) is 0. The molecule has 3 aliphatic rings. The molecule has 1 unspecified atom stereocenters. The van der Waals surface area contributed by atoms with Crippen molar-refractivity contribution in [3.8, 4) is 17.6 Å². The molecule has 35 heavy (non-hydrogen) atoms. The second-order valence-electron chi connectivity index (χ2n) is 9.90. The van der Waals surface area contributed by atoms with Crippen LogP contribution in [-0.4, -0.2) is 56.8 Å². The van der Waals surface area contributed by atoms with Gasteiger partial charge in [-0.25, -0.2) is 14.2 Å². The van der Waals surface area contributed by atoms with E-state index < -0.39 is 5.41 Å². The molecule has 1 aliphatic carbocycles. The minimum absolute atomic E-state index is 0.0963. The summed E-state index contributed by atoms with van der Waals surface area (Å²) in [7, 11) is 0. The van der Waals surface area contributed by atoms with Crippen molar-refractivity contribution in [1.82, 2.24) is 24.4 Å². The summed E-state index contributed by atoms with van der Waals surface area (Å²) in [4.78, 5) is 7.30. The van der Waals surface area contributed by atoms with Crippen LogP contribution in [0.5, 0.6) is 0 Å². The van der Waals surface area contributed by atoms with Gasteiger partial charge in [0.2, 0.25) is 0 Å². The summed E-state index contributed by atoms with van der Waals surface area (Å²) in [5, 5.41) is 20.2. The number of morpholine rings is 1. The van der Waals surface area contributed by atoms with E-state index in [1.807, 2.05) is 21.5 Å². The standard InChI is InChI=1S/C25H30IN7O2/c1-17-15-34-13-11-31(17)20-14-18(25(16-27)8-3-4-9-25)22-23(26)29-24(33(22)30-20)19-7-10-28-32(19)21-6-2-5-12-35-21/h7,10,14,17,21H,2-6,8-9,11-13,15H2,1H3/t17-,21?/m1/s1. The molecule has 0 radical (unpaired) electrons. The van der Waals surface area contributed by atoms with Crippen LogP contribution in [-0.2, 0) is 14.9 Å². The van der Waals surface area contributed by atoms with Crippen LogP contribution >= 0.6 is 22.6 Å². The van der Waals surface area contributed by atoms with E-state index in [4.69, 9.17) is 19.6 Å². The van der Waals surface area contributed by atoms with Crippen molar-refractivity contribution < 1.29 is 9.47 Å². The fourth-order valence-electron chi connectivity index (χ4n) is 5.83. The van der Waals surface area contributed by atoms with Crippen LogP contribution in [0.2, 0.25) is 0 Å². The average molecular weight is 587 g/mol. The summed E-state index contributed by atoms with van der Waals surface area (Å²) < 4.78 is 16.5. The Bertz CT molecular complexity index is 1270. The molecule has 6 rings (SSSR count). The molecular formula is C25H30IN7O2. The Morgan fingerprint density at radius 3 is 2.80 bits per heavy atom. The van der Waals surface area contributed by atoms with Gasteiger partial charge >= 0.3 is 0 Å². The molecule has 184 valence electrons. The molecular weight excluding hydrogens is 557 g/mol. The molecule has 1 saturated carbocycles. The van der Waals surface area contributed by atoms with Gasteiger partial charge in [0.15, 0.2) is 12.1 Å². The van der Waals surface area contributed by atoms with Crippen molar-refractivity contribution in [2.24, 2.45) is 0 Å². The predicted molar refractivity (Wildman–Crippen MR) is 139 cm³/mol. The van der Waals surface area contributed by atoms with Crippen molar-refractivity contribution in [2.45, 2.75) is 69.6 Å². The minimum atomic E-state index is -0.515. The maximum atomic E-state index is 10.4. The Labute approximate surface area is 218 Å². The molecule has 3 aromatic rings. The highest BCUT2D eigenvalue weighted by molar-refractivity contribution is 14.1. The number of nitriles is 1. The third-order valence-electron chi connectivity index (χ3n) is 7.72. The maximum Gasteiger partial charge on any atom is 0.181 e. The molecule has 0 amide bonds. The van der Waals surface area contributed by atoms with Gasteiger partial charge in [0.05, 0.1) is 30.7 Å². The van der Waals surface area contributed by atoms with E-state index in [1.54, 1.807) is 0 Å². The monoisotopic (exact) mass is 587 g/mol. The summed E-state index contributed by atoms with van der Waals surface area (Å²) in [5.41, 5.74) is 2.35. The van der Waals surface area contributed by atoms with Crippen LogP contribution < -0.4 is 4.90 Å². The fraction of sp³-hybridized carbons (Fsp3) is 0.600. The number of fused-ring (bicyclic) bond motifs is 1. The van der Waals surface area contributed by atoms with Crippen molar-refractivity contribution in [1.29, 1.82) is 5.26 Å². The second-order valence-corrected chi connectivity index (χ2v) is 10.9. The van der Waals surface area contributed by atoms with Crippen molar-refractivity contribution in [3.05, 3.63) is 27.6 Å². The molecule has 2 saturated heterocycles. The molecule has 9 nitrogen and oxygen atoms in total. The third kappa shape index (κ3) is 3.92. The Hall–Kier alpha value is -2.23. The van der Waals surface area contributed by atoms with E-state index in [0.717, 1.165) is 90.2 Å². The lowest BCUT2D eigenvalue weighted by atomic mass is 9.80. The Morgan fingerprint density at radius 1 is 1.20 bits per heavy atom. The quantitative estimate of drug-likeness (QED) is 0.417. The van der Waals surface area contributed by atoms with Gasteiger partial charge in [0.25, 0.3) is 0 Å². The lowest BCUT2D eigenvalue weighted by Gasteiger charge is -2.35. The largest absolute Gasteiger partial charge is 0.377 e. The van der Waals surface area contributed by atoms with Gasteiger partial charge in [-0.3, -0.25) is 0 Å². The molecule has 2 atom stereocenters. The minimum Gasteiger partial charge on any atom is -0.377 e. The van der Waals surface area contributed by atoms with E-state index in [0.29, 0.717) is 13.2 Å². The molecule has 5 heterocycles. The number of anilines is 1. The Morgan fingerprint density at radius 2 is 2.06 bits per heavy atom. The van der Waals surface area contributed by atoms with Crippen LogP contribution in [0.1, 0.15) is 63.7 Å². The zero-order valence-corrected chi connectivity index (χ0v) is 22.1. The zero-order chi connectivity index (χ0) is 24.0. The number of halogens is 1. The molecule has 0 spiro atoms. The van der Waals surface area contributed by atoms with Crippen molar-refractivity contribution in [3.63, 3.8) is 0 Å². The zero-order valence-electron chi connectivity index (χ0n) is 20.0. The normalized spacial score (nSPS) is 24.7. The van der Waals surface area contributed by atoms with Crippen LogP contribution in [0.4, 0.5) is 5.82 Å². The lowest BCUT2D eigenvalue weighted by Crippen LogP contribution is -2.44. The Kier molecular flexibility index (Phi) is 6.18. The average Bonchev–Trinajstić information content (AvgIpc) is 3.64. The molecule has 2 aliphatic heterocycles. The van der Waals surface area contributed by atoms with Gasteiger partial charge in [-0.1, -0.05) is 12.8 Å². The summed E-state index contributed by atoms with van der Waals surface area (Å²) in [6.07, 6.45) is 8.71. The highest BCUT2D eigenvalue weighted by Gasteiger charge is 2.40. The van der Waals surface area contributed by atoms with Crippen LogP contribution in [0.25, 0.3) is 17.0 Å². The highest BCUT2D eigenvalue weighted by Crippen LogP contribution is 2.45. The summed E-state index contributed by atoms with van der Waals surface area (Å²) in [5.74, 6) is 1.62. The summed E-state index contributed by atoms with van der Waals surface area (Å²) >= 11 is 2.30. The molecule has 0 aromatic carbocycles. The molecule has 10 heteroatoms. The first-order chi connectivity index (χ1) is 17.1. The second kappa shape index (κ2) is 9.33. The van der Waals surface area contributed by atoms with Gasteiger partial charge in [0, 0.05) is 24.9 Å². The number of hydrogen-bond acceptors (Lipinski definition) is 7. The van der Waals surface area contributed by atoms with Gasteiger partial charge in [-0.2, -0.15) is 10.4 Å². The van der Waals surface area contributed by atoms with Gasteiger partial charge in [0.1, 0.15) is 20.7 Å². The van der Waals surface area contributed by atoms with Gasteiger partial charge in [-0.15, -0.1) is 5.10 Å². The molecule has 0 bridgehead atoms. The first-order valence-corrected chi connectivity index (χ1v) is 13.7. The number of aromatic nitrogens is 5. The summed E-state index contributed by atoms with van der Waals surface area (Å²) in [6, 6.07) is 7.06. The topological polar surface area (TPSA) is 93.5 Å². The smallest absolute Gasteiger partial charge is 0.181 e. The van der Waals surface area contributed by atoms with Crippen molar-refractivity contribution in [2.75, 3.05) is 31.3 Å². The molecule has 0 N–H and O–H groups in total. The number of rotatable bonds is 4. The van der Waals surface area contributed by atoms with Gasteiger partial charge in [-0.05, 0) is 73.8 Å². The third-order valence-corrected chi connectivity index (χ3v) is 8.47. The lowest BCUT2D eigenvalue weighted by molar-refractivity contribution is -0.0384. The van der Waals surface area contributed by atoms with Crippen LogP contribution in [0.3, 0.4) is 0 Å². The van der Waals surface area contributed by atoms with E-state index in [9.17, 15) is 5.26 Å². The number of imidazole rings is 1. The summed E-state index contributed by atoms with van der Waals surface area (Å²) in [6.45, 7) is 5.01. The number of ether oxygens (including phenoxy) is 2. The highest BCUT2D eigenvalue weighted by atomic mass is 127. The number of nitrogens with zero attached hydrogens (tertiary/aromatic N) is 7. The van der Waals surface area contributed by atoms with E-state index >= 15 is 0 Å². The van der Waals surface area contributed by atoms with Crippen LogP contribution in [0, 0.1) is 15.0 Å². The SMILES string of the molecule is C[C@@H]1COCCN1c1cc(C2(C#N)CCCC2)c2c(I)nc(-c3ccnn3C3CCCCO3)n2n1. The first-order valence-electron chi connectivity index (χ1n) is 12.6.